The van der Waals surface area contributed by atoms with E-state index in [-0.39, 0.29) is 5.69 Å². The predicted molar refractivity (Wildman–Crippen MR) is 128 cm³/mol. The summed E-state index contributed by atoms with van der Waals surface area (Å²) >= 11 is 6.30. The first-order chi connectivity index (χ1) is 15.4. The molecule has 0 N–H and O–H groups in total. The van der Waals surface area contributed by atoms with Gasteiger partial charge >= 0.3 is 0 Å². The van der Waals surface area contributed by atoms with Gasteiger partial charge in [0.2, 0.25) is 5.43 Å². The number of amides is 1. The monoisotopic (exact) mass is 450 g/mol. The third-order valence-electron chi connectivity index (χ3n) is 5.81. The van der Waals surface area contributed by atoms with Gasteiger partial charge in [-0.1, -0.05) is 35.9 Å². The minimum Gasteiger partial charge on any atom is -0.372 e. The molecule has 0 aliphatic carbocycles. The molecular weight excluding hydrogens is 424 g/mol. The van der Waals surface area contributed by atoms with Gasteiger partial charge < -0.3 is 9.80 Å². The van der Waals surface area contributed by atoms with E-state index in [4.69, 9.17) is 11.6 Å². The zero-order chi connectivity index (χ0) is 22.7. The molecule has 0 radical (unpaired) electrons. The van der Waals surface area contributed by atoms with Crippen molar-refractivity contribution in [1.82, 2.24) is 14.7 Å². The molecule has 2 heterocycles. The second-order valence-corrected chi connectivity index (χ2v) is 8.64. The Balaban J connectivity index is 1.53. The number of rotatable bonds is 5. The van der Waals surface area contributed by atoms with E-state index < -0.39 is 11.3 Å². The first-order valence-corrected chi connectivity index (χ1v) is 11.3. The van der Waals surface area contributed by atoms with E-state index in [0.29, 0.717) is 22.9 Å². The third-order valence-corrected chi connectivity index (χ3v) is 6.13. The molecule has 4 rings (SSSR count). The minimum absolute atomic E-state index is 0.122. The molecule has 0 atom stereocenters. The van der Waals surface area contributed by atoms with Gasteiger partial charge in [-0.15, -0.1) is 0 Å². The van der Waals surface area contributed by atoms with Crippen molar-refractivity contribution in [2.24, 2.45) is 0 Å². The summed E-state index contributed by atoms with van der Waals surface area (Å²) in [5, 5.41) is 4.86. The number of halogens is 1. The van der Waals surface area contributed by atoms with Gasteiger partial charge in [-0.05, 0) is 56.0 Å². The van der Waals surface area contributed by atoms with Gasteiger partial charge in [0.15, 0.2) is 5.69 Å². The maximum absolute atomic E-state index is 13.1. The predicted octanol–water partition coefficient (Wildman–Crippen LogP) is 4.46. The van der Waals surface area contributed by atoms with Crippen molar-refractivity contribution in [3.05, 3.63) is 86.8 Å². The number of hydrogen-bond acceptors (Lipinski definition) is 4. The molecule has 1 aromatic heterocycles. The van der Waals surface area contributed by atoms with Crippen LogP contribution in [0, 0.1) is 6.92 Å². The van der Waals surface area contributed by atoms with E-state index in [1.807, 2.05) is 24.3 Å². The van der Waals surface area contributed by atoms with E-state index in [9.17, 15) is 9.59 Å². The summed E-state index contributed by atoms with van der Waals surface area (Å²) < 4.78 is 1.54. The van der Waals surface area contributed by atoms with Gasteiger partial charge in [0.1, 0.15) is 0 Å². The molecule has 1 fully saturated rings. The first-order valence-electron chi connectivity index (χ1n) is 10.9. The van der Waals surface area contributed by atoms with Gasteiger partial charge in [0.05, 0.1) is 10.7 Å². The van der Waals surface area contributed by atoms with Gasteiger partial charge in [-0.2, -0.15) is 5.10 Å². The average Bonchev–Trinajstić information content (AvgIpc) is 2.80. The average molecular weight is 451 g/mol. The molecule has 1 amide bonds. The SMILES string of the molecule is Cc1cc(=O)c(C(=O)N(C)Cc2ccc(N3CCCCC3)cc2)nn1-c1ccccc1Cl. The number of hydrogen-bond donors (Lipinski definition) is 0. The fourth-order valence-corrected chi connectivity index (χ4v) is 4.27. The van der Waals surface area contributed by atoms with Crippen LogP contribution >= 0.6 is 11.6 Å². The summed E-state index contributed by atoms with van der Waals surface area (Å²) in [6.07, 6.45) is 3.76. The van der Waals surface area contributed by atoms with E-state index >= 15 is 0 Å². The number of nitrogens with zero attached hydrogens (tertiary/aromatic N) is 4. The molecule has 0 unspecified atom stereocenters. The van der Waals surface area contributed by atoms with E-state index in [1.54, 1.807) is 26.1 Å². The largest absolute Gasteiger partial charge is 0.372 e. The van der Waals surface area contributed by atoms with Crippen LogP contribution in [-0.4, -0.2) is 40.7 Å². The first kappa shape index (κ1) is 22.1. The van der Waals surface area contributed by atoms with Crippen molar-refractivity contribution in [1.29, 1.82) is 0 Å². The standard InChI is InChI=1S/C25H27ClN4O2/c1-18-16-23(31)24(27-30(18)22-9-5-4-8-21(22)26)25(32)28(2)17-19-10-12-20(13-11-19)29-14-6-3-7-15-29/h4-5,8-13,16H,3,6-7,14-15,17H2,1-2H3. The Bertz CT molecular complexity index is 1170. The van der Waals surface area contributed by atoms with Crippen molar-refractivity contribution in [2.75, 3.05) is 25.0 Å². The number of anilines is 1. The molecule has 0 saturated carbocycles. The highest BCUT2D eigenvalue weighted by atomic mass is 35.5. The van der Waals surface area contributed by atoms with Gasteiger partial charge in [-0.3, -0.25) is 9.59 Å². The summed E-state index contributed by atoms with van der Waals surface area (Å²) in [4.78, 5) is 29.6. The van der Waals surface area contributed by atoms with Crippen LogP contribution in [0.2, 0.25) is 5.02 Å². The third kappa shape index (κ3) is 4.70. The molecule has 32 heavy (non-hydrogen) atoms. The van der Waals surface area contributed by atoms with Crippen LogP contribution in [0.1, 0.15) is 41.0 Å². The summed E-state index contributed by atoms with van der Waals surface area (Å²) in [6.45, 7) is 4.34. The lowest BCUT2D eigenvalue weighted by Crippen LogP contribution is -2.33. The number of benzene rings is 2. The molecule has 166 valence electrons. The molecule has 1 aliphatic rings. The Kier molecular flexibility index (Phi) is 6.61. The molecule has 3 aromatic rings. The smallest absolute Gasteiger partial charge is 0.278 e. The molecule has 7 heteroatoms. The molecule has 1 saturated heterocycles. The number of aromatic nitrogens is 2. The summed E-state index contributed by atoms with van der Waals surface area (Å²) in [7, 11) is 1.68. The van der Waals surface area contributed by atoms with Gasteiger partial charge in [0, 0.05) is 44.1 Å². The molecule has 2 aromatic carbocycles. The normalized spacial score (nSPS) is 13.8. The Hall–Kier alpha value is -3.12. The van der Waals surface area contributed by atoms with Crippen molar-refractivity contribution in [3.63, 3.8) is 0 Å². The van der Waals surface area contributed by atoms with Crippen molar-refractivity contribution in [2.45, 2.75) is 32.7 Å². The Morgan fingerprint density at radius 1 is 1.06 bits per heavy atom. The molecule has 1 aliphatic heterocycles. The molecule has 6 nitrogen and oxygen atoms in total. The quantitative estimate of drug-likeness (QED) is 0.576. The topological polar surface area (TPSA) is 58.4 Å². The van der Waals surface area contributed by atoms with Crippen molar-refractivity contribution < 1.29 is 4.79 Å². The van der Waals surface area contributed by atoms with Crippen LogP contribution in [0.15, 0.2) is 59.4 Å². The Morgan fingerprint density at radius 2 is 1.75 bits per heavy atom. The van der Waals surface area contributed by atoms with E-state index in [2.05, 4.69) is 22.1 Å². The number of para-hydroxylation sites is 1. The maximum Gasteiger partial charge on any atom is 0.278 e. The number of piperidine rings is 1. The highest BCUT2D eigenvalue weighted by Gasteiger charge is 2.20. The zero-order valence-electron chi connectivity index (χ0n) is 18.4. The van der Waals surface area contributed by atoms with Gasteiger partial charge in [0.25, 0.3) is 5.91 Å². The van der Waals surface area contributed by atoms with Crippen LogP contribution in [0.3, 0.4) is 0 Å². The van der Waals surface area contributed by atoms with Gasteiger partial charge in [-0.25, -0.2) is 4.68 Å². The number of aryl methyl sites for hydroxylation is 1. The molecule has 0 bridgehead atoms. The highest BCUT2D eigenvalue weighted by Crippen LogP contribution is 2.22. The minimum atomic E-state index is -0.420. The highest BCUT2D eigenvalue weighted by molar-refractivity contribution is 6.32. The lowest BCUT2D eigenvalue weighted by atomic mass is 10.1. The lowest BCUT2D eigenvalue weighted by Gasteiger charge is -2.29. The molecular formula is C25H27ClN4O2. The second-order valence-electron chi connectivity index (χ2n) is 8.24. The zero-order valence-corrected chi connectivity index (χ0v) is 19.2. The van der Waals surface area contributed by atoms with Crippen LogP contribution in [-0.2, 0) is 6.54 Å². The molecule has 0 spiro atoms. The fourth-order valence-electron chi connectivity index (χ4n) is 4.05. The van der Waals surface area contributed by atoms with E-state index in [0.717, 1.165) is 18.7 Å². The fraction of sp³-hybridized carbons (Fsp3) is 0.320. The van der Waals surface area contributed by atoms with Crippen LogP contribution in [0.25, 0.3) is 5.69 Å². The summed E-state index contributed by atoms with van der Waals surface area (Å²) in [5.74, 6) is -0.420. The van der Waals surface area contributed by atoms with Crippen molar-refractivity contribution in [3.8, 4) is 5.69 Å². The van der Waals surface area contributed by atoms with Crippen LogP contribution in [0.5, 0.6) is 0 Å². The number of carbonyl (C=O) groups excluding carboxylic acids is 1. The van der Waals surface area contributed by atoms with Crippen LogP contribution in [0.4, 0.5) is 5.69 Å². The van der Waals surface area contributed by atoms with E-state index in [1.165, 1.54) is 40.6 Å². The maximum atomic E-state index is 13.1. The Labute approximate surface area is 193 Å². The summed E-state index contributed by atoms with van der Waals surface area (Å²) in [6, 6.07) is 16.9. The van der Waals surface area contributed by atoms with Crippen LogP contribution < -0.4 is 10.3 Å². The number of carbonyl (C=O) groups is 1. The van der Waals surface area contributed by atoms with Crippen molar-refractivity contribution >= 4 is 23.2 Å². The summed E-state index contributed by atoms with van der Waals surface area (Å²) in [5.41, 5.74) is 2.92. The Morgan fingerprint density at radius 3 is 2.44 bits per heavy atom. The second kappa shape index (κ2) is 9.57. The lowest BCUT2D eigenvalue weighted by molar-refractivity contribution is 0.0776.